The number of halogens is 1. The zero-order chi connectivity index (χ0) is 35.4. The first-order chi connectivity index (χ1) is 21.3. The molecular weight excluding hydrogens is 660 g/mol. The number of nitrogens with zero attached hydrogens (tertiary/aromatic N) is 4. The Morgan fingerprint density at radius 2 is 1.30 bits per heavy atom. The highest BCUT2D eigenvalue weighted by Gasteiger charge is 2.55. The molecule has 262 valence electrons. The zero-order valence-electron chi connectivity index (χ0n) is 31.5. The molecule has 1 aliphatic heterocycles. The van der Waals surface area contributed by atoms with Crippen molar-refractivity contribution in [3.63, 3.8) is 0 Å². The van der Waals surface area contributed by atoms with Gasteiger partial charge in [-0.05, 0) is 60.0 Å². The van der Waals surface area contributed by atoms with E-state index in [0.717, 1.165) is 5.56 Å². The van der Waals surface area contributed by atoms with Gasteiger partial charge in [0.15, 0.2) is 42.0 Å². The van der Waals surface area contributed by atoms with Crippen LogP contribution in [-0.4, -0.2) is 69.4 Å². The Morgan fingerprint density at radius 1 is 0.766 bits per heavy atom. The topological polar surface area (TPSA) is 80.5 Å². The van der Waals surface area contributed by atoms with Crippen LogP contribution in [0.15, 0.2) is 36.7 Å². The van der Waals surface area contributed by atoms with Crippen LogP contribution in [0.5, 0.6) is 0 Å². The lowest BCUT2D eigenvalue weighted by Gasteiger charge is -2.44. The zero-order valence-corrected chi connectivity index (χ0v) is 35.2. The minimum Gasteiger partial charge on any atom is -0.414 e. The standard InChI is InChI=1S/C35H59ClN4O4Si3/c1-33(2,3)45(10,11)41-22-25-28(43-46(12,13)34(4,5)6)29(44-47(14,15)35(7,8)9)32(42-25)40-23-37-27-30(36)38-26(39-31(27)40)21-24-19-17-16-18-20-24/h16-20,23,25,28-29,32H,21-22H2,1-15H3/t25-,28-,29-,32-/m1/s1. The van der Waals surface area contributed by atoms with Crippen LogP contribution in [0.3, 0.4) is 0 Å². The van der Waals surface area contributed by atoms with Crippen LogP contribution >= 0.6 is 11.6 Å². The predicted molar refractivity (Wildman–Crippen MR) is 201 cm³/mol. The van der Waals surface area contributed by atoms with E-state index in [2.05, 4.69) is 119 Å². The number of fused-ring (bicyclic) bond motifs is 1. The molecule has 0 bridgehead atoms. The third-order valence-electron chi connectivity index (χ3n) is 11.1. The molecule has 3 heterocycles. The van der Waals surface area contributed by atoms with Crippen molar-refractivity contribution in [3.05, 3.63) is 53.2 Å². The summed E-state index contributed by atoms with van der Waals surface area (Å²) >= 11 is 6.76. The smallest absolute Gasteiger partial charge is 0.192 e. The van der Waals surface area contributed by atoms with Crippen molar-refractivity contribution in [2.24, 2.45) is 0 Å². The highest BCUT2D eigenvalue weighted by molar-refractivity contribution is 6.75. The summed E-state index contributed by atoms with van der Waals surface area (Å²) in [6.07, 6.45) is 0.658. The monoisotopic (exact) mass is 718 g/mol. The van der Waals surface area contributed by atoms with Gasteiger partial charge in [0.1, 0.15) is 29.7 Å². The summed E-state index contributed by atoms with van der Waals surface area (Å²) < 4.78 is 30.6. The fraction of sp³-hybridized carbons (Fsp3) is 0.686. The van der Waals surface area contributed by atoms with Gasteiger partial charge < -0.3 is 18.0 Å². The number of aromatic nitrogens is 4. The molecule has 4 rings (SSSR count). The van der Waals surface area contributed by atoms with E-state index in [1.807, 2.05) is 22.8 Å². The molecule has 0 unspecified atom stereocenters. The fourth-order valence-electron chi connectivity index (χ4n) is 4.84. The van der Waals surface area contributed by atoms with Crippen LogP contribution in [0.1, 0.15) is 79.9 Å². The predicted octanol–water partition coefficient (Wildman–Crippen LogP) is 9.77. The summed E-state index contributed by atoms with van der Waals surface area (Å²) in [6, 6.07) is 10.2. The Morgan fingerprint density at radius 3 is 1.83 bits per heavy atom. The summed E-state index contributed by atoms with van der Waals surface area (Å²) in [6.45, 7) is 34.6. The molecule has 1 saturated heterocycles. The van der Waals surface area contributed by atoms with Gasteiger partial charge >= 0.3 is 0 Å². The molecule has 0 radical (unpaired) electrons. The Labute approximate surface area is 291 Å². The van der Waals surface area contributed by atoms with Gasteiger partial charge in [0.05, 0.1) is 12.9 Å². The van der Waals surface area contributed by atoms with E-state index in [1.54, 1.807) is 6.33 Å². The lowest BCUT2D eigenvalue weighted by molar-refractivity contribution is -0.0470. The Kier molecular flexibility index (Phi) is 10.9. The molecule has 12 heteroatoms. The summed E-state index contributed by atoms with van der Waals surface area (Å²) in [5.74, 6) is 0.627. The first kappa shape index (κ1) is 38.4. The summed E-state index contributed by atoms with van der Waals surface area (Å²) in [5, 5.41) is 0.347. The molecule has 3 aromatic rings. The number of hydrogen-bond donors (Lipinski definition) is 0. The number of benzene rings is 1. The van der Waals surface area contributed by atoms with Gasteiger partial charge in [-0.25, -0.2) is 15.0 Å². The van der Waals surface area contributed by atoms with Gasteiger partial charge in [-0.15, -0.1) is 0 Å². The Bertz CT molecular complexity index is 1530. The molecule has 8 nitrogen and oxygen atoms in total. The largest absolute Gasteiger partial charge is 0.414 e. The molecule has 4 atom stereocenters. The summed E-state index contributed by atoms with van der Waals surface area (Å²) in [5.41, 5.74) is 2.28. The van der Waals surface area contributed by atoms with Crippen LogP contribution in [0.2, 0.25) is 59.5 Å². The van der Waals surface area contributed by atoms with E-state index >= 15 is 0 Å². The molecule has 0 aliphatic carbocycles. The second-order valence-corrected chi connectivity index (χ2v) is 32.4. The van der Waals surface area contributed by atoms with Crippen molar-refractivity contribution >= 4 is 47.7 Å². The van der Waals surface area contributed by atoms with E-state index in [9.17, 15) is 0 Å². The highest BCUT2D eigenvalue weighted by Crippen LogP contribution is 2.47. The van der Waals surface area contributed by atoms with Gasteiger partial charge in [-0.2, -0.15) is 0 Å². The number of imidazole rings is 1. The summed E-state index contributed by atoms with van der Waals surface area (Å²) in [7, 11) is -6.69. The third-order valence-corrected chi connectivity index (χ3v) is 24.8. The van der Waals surface area contributed by atoms with Gasteiger partial charge in [0.2, 0.25) is 0 Å². The molecule has 1 aromatic carbocycles. The molecule has 47 heavy (non-hydrogen) atoms. The van der Waals surface area contributed by atoms with E-state index < -0.39 is 37.3 Å². The van der Waals surface area contributed by atoms with Gasteiger partial charge in [0, 0.05) is 6.42 Å². The fourth-order valence-corrected chi connectivity index (χ4v) is 8.69. The molecular formula is C35H59ClN4O4Si3. The van der Waals surface area contributed by atoms with Crippen molar-refractivity contribution in [2.45, 2.75) is 148 Å². The molecule has 0 spiro atoms. The second kappa shape index (κ2) is 13.4. The highest BCUT2D eigenvalue weighted by atomic mass is 35.5. The second-order valence-electron chi connectivity index (χ2n) is 17.7. The van der Waals surface area contributed by atoms with Crippen molar-refractivity contribution in [1.29, 1.82) is 0 Å². The Balaban J connectivity index is 1.85. The molecule has 1 fully saturated rings. The van der Waals surface area contributed by atoms with E-state index in [0.29, 0.717) is 35.2 Å². The minimum atomic E-state index is -2.32. The SMILES string of the molecule is CC(C)(C)[Si](C)(C)OC[C@H]1O[C@@H](n2cnc3c(Cl)nc(Cc4ccccc4)nc32)[C@H](O[Si](C)(C)C(C)(C)C)[C@@H]1O[Si](C)(C)C(C)(C)C. The third kappa shape index (κ3) is 8.31. The van der Waals surface area contributed by atoms with Crippen LogP contribution in [-0.2, 0) is 24.4 Å². The van der Waals surface area contributed by atoms with E-state index in [-0.39, 0.29) is 27.3 Å². The number of rotatable bonds is 10. The van der Waals surface area contributed by atoms with Gasteiger partial charge in [0.25, 0.3) is 0 Å². The molecule has 2 aromatic heterocycles. The van der Waals surface area contributed by atoms with Crippen molar-refractivity contribution in [3.8, 4) is 0 Å². The van der Waals surface area contributed by atoms with E-state index in [1.165, 1.54) is 0 Å². The lowest BCUT2D eigenvalue weighted by Crippen LogP contribution is -2.54. The van der Waals surface area contributed by atoms with Crippen LogP contribution in [0.25, 0.3) is 11.2 Å². The average Bonchev–Trinajstić information content (AvgIpc) is 3.47. The minimum absolute atomic E-state index is 0.00770. The van der Waals surface area contributed by atoms with Crippen molar-refractivity contribution in [2.75, 3.05) is 6.61 Å². The maximum absolute atomic E-state index is 7.35. The lowest BCUT2D eigenvalue weighted by atomic mass is 10.1. The number of ether oxygens (including phenoxy) is 1. The molecule has 0 saturated carbocycles. The van der Waals surface area contributed by atoms with Gasteiger partial charge in [-0.3, -0.25) is 4.57 Å². The van der Waals surface area contributed by atoms with Crippen molar-refractivity contribution < 1.29 is 18.0 Å². The Hall–Kier alpha value is -1.45. The van der Waals surface area contributed by atoms with Crippen LogP contribution in [0, 0.1) is 0 Å². The quantitative estimate of drug-likeness (QED) is 0.153. The first-order valence-corrected chi connectivity index (χ1v) is 26.0. The first-order valence-electron chi connectivity index (χ1n) is 16.9. The maximum Gasteiger partial charge on any atom is 0.192 e. The van der Waals surface area contributed by atoms with Crippen molar-refractivity contribution in [1.82, 2.24) is 19.5 Å². The van der Waals surface area contributed by atoms with Crippen LogP contribution < -0.4 is 0 Å². The van der Waals surface area contributed by atoms with Gasteiger partial charge in [-0.1, -0.05) is 104 Å². The average molecular weight is 720 g/mol. The molecule has 0 N–H and O–H groups in total. The number of hydrogen-bond acceptors (Lipinski definition) is 7. The molecule has 0 amide bonds. The molecule has 1 aliphatic rings. The summed E-state index contributed by atoms with van der Waals surface area (Å²) in [4.78, 5) is 14.3. The van der Waals surface area contributed by atoms with E-state index in [4.69, 9.17) is 39.6 Å². The normalized spacial score (nSPS) is 22.0. The maximum atomic E-state index is 7.35. The van der Waals surface area contributed by atoms with Crippen LogP contribution in [0.4, 0.5) is 0 Å².